The van der Waals surface area contributed by atoms with Crippen molar-refractivity contribution in [2.45, 2.75) is 32.6 Å². The van der Waals surface area contributed by atoms with Crippen molar-refractivity contribution in [3.05, 3.63) is 88.1 Å². The summed E-state index contributed by atoms with van der Waals surface area (Å²) >= 11 is 0. The normalized spacial score (nSPS) is 12.5. The molecule has 0 radical (unpaired) electrons. The van der Waals surface area contributed by atoms with Crippen molar-refractivity contribution in [2.24, 2.45) is 0 Å². The summed E-state index contributed by atoms with van der Waals surface area (Å²) in [6, 6.07) is 12.9. The van der Waals surface area contributed by atoms with Crippen molar-refractivity contribution < 1.29 is 23.1 Å². The first-order valence-corrected chi connectivity index (χ1v) is 10.7. The van der Waals surface area contributed by atoms with Crippen LogP contribution in [0.25, 0.3) is 22.0 Å². The quantitative estimate of drug-likeness (QED) is 0.400. The van der Waals surface area contributed by atoms with Gasteiger partial charge in [0, 0.05) is 23.7 Å². The Morgan fingerprint density at radius 3 is 2.54 bits per heavy atom. The van der Waals surface area contributed by atoms with Gasteiger partial charge in [-0.05, 0) is 60.9 Å². The second kappa shape index (κ2) is 9.21. The number of nitrogens with one attached hydrogen (secondary N) is 1. The minimum atomic E-state index is -4.44. The van der Waals surface area contributed by atoms with Gasteiger partial charge in [0.15, 0.2) is 0 Å². The first kappa shape index (κ1) is 23.9. The van der Waals surface area contributed by atoms with E-state index in [1.165, 1.54) is 18.3 Å². The van der Waals surface area contributed by atoms with E-state index in [1.807, 2.05) is 0 Å². The minimum Gasteiger partial charge on any atom is -0.480 e. The lowest BCUT2D eigenvalue weighted by Gasteiger charge is -2.18. The fourth-order valence-corrected chi connectivity index (χ4v) is 3.78. The Morgan fingerprint density at radius 2 is 1.83 bits per heavy atom. The van der Waals surface area contributed by atoms with Gasteiger partial charge < -0.3 is 15.0 Å². The van der Waals surface area contributed by atoms with Crippen LogP contribution < -0.4 is 10.9 Å². The molecule has 7 nitrogen and oxygen atoms in total. The van der Waals surface area contributed by atoms with Crippen molar-refractivity contribution in [3.63, 3.8) is 0 Å². The van der Waals surface area contributed by atoms with Crippen LogP contribution in [-0.4, -0.2) is 25.6 Å². The largest absolute Gasteiger partial charge is 0.480 e. The topological polar surface area (TPSA) is 97.1 Å². The van der Waals surface area contributed by atoms with Gasteiger partial charge in [0.05, 0.1) is 11.1 Å². The number of fused-ring (bicyclic) bond motifs is 1. The minimum absolute atomic E-state index is 0.437. The van der Waals surface area contributed by atoms with Crippen LogP contribution in [0.3, 0.4) is 0 Å². The highest BCUT2D eigenvalue weighted by atomic mass is 19.4. The molecule has 2 aromatic heterocycles. The standard InChI is InChI=1S/C25H21F3N4O3/c1-14(16-4-3-5-19(10-16)25(26,27)28)29-24-20-11-17(6-8-21(20)30-15(2)31-24)18-7-9-22(33)32(12-18)13-23(34)35/h3-12,14H,13H2,1-2H3,(H,34,35)(H,29,30,31)/t14-/m1/s1. The van der Waals surface area contributed by atoms with Crippen LogP contribution in [0, 0.1) is 6.92 Å². The number of carboxylic acids is 1. The Labute approximate surface area is 197 Å². The molecular weight excluding hydrogens is 461 g/mol. The van der Waals surface area contributed by atoms with Gasteiger partial charge in [-0.15, -0.1) is 0 Å². The average Bonchev–Trinajstić information content (AvgIpc) is 2.79. The third kappa shape index (κ3) is 5.32. The molecule has 0 aliphatic heterocycles. The van der Waals surface area contributed by atoms with Crippen LogP contribution in [0.4, 0.5) is 19.0 Å². The van der Waals surface area contributed by atoms with Crippen molar-refractivity contribution >= 4 is 22.7 Å². The third-order valence-corrected chi connectivity index (χ3v) is 5.50. The Bertz CT molecular complexity index is 1480. The lowest BCUT2D eigenvalue weighted by atomic mass is 10.0. The number of aliphatic carboxylic acids is 1. The van der Waals surface area contributed by atoms with E-state index in [9.17, 15) is 22.8 Å². The lowest BCUT2D eigenvalue weighted by molar-refractivity contribution is -0.138. The van der Waals surface area contributed by atoms with Crippen LogP contribution in [-0.2, 0) is 17.5 Å². The number of hydrogen-bond donors (Lipinski definition) is 2. The highest BCUT2D eigenvalue weighted by Gasteiger charge is 2.30. The number of halogens is 3. The van der Waals surface area contributed by atoms with Gasteiger partial charge in [-0.2, -0.15) is 13.2 Å². The Kier molecular flexibility index (Phi) is 6.29. The van der Waals surface area contributed by atoms with Crippen molar-refractivity contribution in [3.8, 4) is 11.1 Å². The van der Waals surface area contributed by atoms with E-state index in [4.69, 9.17) is 5.11 Å². The van der Waals surface area contributed by atoms with Gasteiger partial charge in [0.2, 0.25) is 0 Å². The maximum absolute atomic E-state index is 13.2. The molecule has 0 fully saturated rings. The van der Waals surface area contributed by atoms with Crippen LogP contribution in [0.1, 0.15) is 29.9 Å². The molecule has 0 amide bonds. The number of nitrogens with zero attached hydrogens (tertiary/aromatic N) is 3. The Balaban J connectivity index is 1.74. The lowest BCUT2D eigenvalue weighted by Crippen LogP contribution is -2.22. The summed E-state index contributed by atoms with van der Waals surface area (Å²) < 4.78 is 40.6. The summed E-state index contributed by atoms with van der Waals surface area (Å²) in [6.45, 7) is 2.99. The molecule has 2 N–H and O–H groups in total. The number of carboxylic acid groups (broad SMARTS) is 1. The molecule has 2 aromatic carbocycles. The molecule has 0 unspecified atom stereocenters. The Hall–Kier alpha value is -4.21. The van der Waals surface area contributed by atoms with Gasteiger partial charge >= 0.3 is 12.1 Å². The predicted octanol–water partition coefficient (Wildman–Crippen LogP) is 5.04. The van der Waals surface area contributed by atoms with E-state index in [2.05, 4.69) is 15.3 Å². The first-order chi connectivity index (χ1) is 16.5. The summed E-state index contributed by atoms with van der Waals surface area (Å²) in [4.78, 5) is 32.0. The number of hydrogen-bond acceptors (Lipinski definition) is 5. The molecule has 2 heterocycles. The molecule has 0 bridgehead atoms. The molecule has 1 atom stereocenters. The smallest absolute Gasteiger partial charge is 0.416 e. The highest BCUT2D eigenvalue weighted by molar-refractivity contribution is 5.92. The first-order valence-electron chi connectivity index (χ1n) is 10.7. The van der Waals surface area contributed by atoms with E-state index in [1.54, 1.807) is 44.2 Å². The van der Waals surface area contributed by atoms with Crippen molar-refractivity contribution in [2.75, 3.05) is 5.32 Å². The zero-order chi connectivity index (χ0) is 25.3. The maximum atomic E-state index is 13.2. The van der Waals surface area contributed by atoms with Crippen LogP contribution in [0.15, 0.2) is 65.6 Å². The number of pyridine rings is 1. The molecule has 35 heavy (non-hydrogen) atoms. The number of anilines is 1. The number of carbonyl (C=O) groups is 1. The number of alkyl halides is 3. The number of rotatable bonds is 6. The fourth-order valence-electron chi connectivity index (χ4n) is 3.78. The van der Waals surface area contributed by atoms with Crippen LogP contribution >= 0.6 is 0 Å². The third-order valence-electron chi connectivity index (χ3n) is 5.50. The van der Waals surface area contributed by atoms with Gasteiger partial charge in [-0.25, -0.2) is 9.97 Å². The molecule has 4 rings (SSSR count). The average molecular weight is 482 g/mol. The molecule has 0 aliphatic carbocycles. The van der Waals surface area contributed by atoms with Gasteiger partial charge in [0.25, 0.3) is 5.56 Å². The number of benzene rings is 2. The molecular formula is C25H21F3N4O3. The Morgan fingerprint density at radius 1 is 1.09 bits per heavy atom. The summed E-state index contributed by atoms with van der Waals surface area (Å²) in [5.74, 6) is -0.209. The van der Waals surface area contributed by atoms with E-state index >= 15 is 0 Å². The van der Waals surface area contributed by atoms with E-state index < -0.39 is 35.9 Å². The van der Waals surface area contributed by atoms with Gasteiger partial charge in [-0.1, -0.05) is 18.2 Å². The summed E-state index contributed by atoms with van der Waals surface area (Å²) in [5.41, 5.74) is 1.21. The van der Waals surface area contributed by atoms with Crippen LogP contribution in [0.2, 0.25) is 0 Å². The number of aromatic nitrogens is 3. The molecule has 0 saturated carbocycles. The molecule has 4 aromatic rings. The zero-order valence-electron chi connectivity index (χ0n) is 18.8. The predicted molar refractivity (Wildman–Crippen MR) is 125 cm³/mol. The summed E-state index contributed by atoms with van der Waals surface area (Å²) in [6.07, 6.45) is -2.98. The molecule has 0 saturated heterocycles. The van der Waals surface area contributed by atoms with Gasteiger partial charge in [0.1, 0.15) is 18.2 Å². The SMILES string of the molecule is Cc1nc(N[C@H](C)c2cccc(C(F)(F)F)c2)c2cc(-c3ccc(=O)n(CC(=O)O)c3)ccc2n1. The fraction of sp³-hybridized carbons (Fsp3) is 0.200. The second-order valence-corrected chi connectivity index (χ2v) is 8.12. The molecule has 180 valence electrons. The van der Waals surface area contributed by atoms with E-state index in [0.29, 0.717) is 39.2 Å². The van der Waals surface area contributed by atoms with E-state index in [0.717, 1.165) is 16.7 Å². The highest BCUT2D eigenvalue weighted by Crippen LogP contribution is 2.33. The van der Waals surface area contributed by atoms with Gasteiger partial charge in [-0.3, -0.25) is 9.59 Å². The molecule has 10 heteroatoms. The monoisotopic (exact) mass is 482 g/mol. The molecule has 0 spiro atoms. The summed E-state index contributed by atoms with van der Waals surface area (Å²) in [7, 11) is 0. The van der Waals surface area contributed by atoms with Crippen LogP contribution in [0.5, 0.6) is 0 Å². The zero-order valence-corrected chi connectivity index (χ0v) is 18.8. The van der Waals surface area contributed by atoms with E-state index in [-0.39, 0.29) is 0 Å². The second-order valence-electron chi connectivity index (χ2n) is 8.12. The number of aryl methyl sites for hydroxylation is 1. The summed E-state index contributed by atoms with van der Waals surface area (Å²) in [5, 5.41) is 12.9. The maximum Gasteiger partial charge on any atom is 0.416 e. The van der Waals surface area contributed by atoms with Crippen molar-refractivity contribution in [1.29, 1.82) is 0 Å². The van der Waals surface area contributed by atoms with Crippen molar-refractivity contribution in [1.82, 2.24) is 14.5 Å². The molecule has 0 aliphatic rings.